The zero-order valence-electron chi connectivity index (χ0n) is 14.2. The van der Waals surface area contributed by atoms with Crippen LogP contribution in [0.3, 0.4) is 0 Å². The van der Waals surface area contributed by atoms with E-state index in [1.807, 2.05) is 0 Å². The molecular weight excluding hydrogens is 326 g/mol. The van der Waals surface area contributed by atoms with Gasteiger partial charge in [-0.25, -0.2) is 12.7 Å². The molecule has 1 unspecified atom stereocenters. The fourth-order valence-electron chi connectivity index (χ4n) is 3.60. The van der Waals surface area contributed by atoms with E-state index in [4.69, 9.17) is 0 Å². The summed E-state index contributed by atoms with van der Waals surface area (Å²) >= 11 is 0. The summed E-state index contributed by atoms with van der Waals surface area (Å²) in [5.41, 5.74) is 0.810. The zero-order chi connectivity index (χ0) is 17.4. The van der Waals surface area contributed by atoms with Gasteiger partial charge in [0.1, 0.15) is 0 Å². The van der Waals surface area contributed by atoms with E-state index >= 15 is 0 Å². The number of benzene rings is 1. The van der Waals surface area contributed by atoms with Crippen LogP contribution in [0.4, 0.5) is 0 Å². The van der Waals surface area contributed by atoms with Crippen molar-refractivity contribution in [2.24, 2.45) is 11.3 Å². The number of nitrogens with zero attached hydrogens (tertiary/aromatic N) is 1. The molecule has 1 amide bonds. The predicted molar refractivity (Wildman–Crippen MR) is 91.8 cm³/mol. The van der Waals surface area contributed by atoms with E-state index in [0.717, 1.165) is 32.4 Å². The summed E-state index contributed by atoms with van der Waals surface area (Å²) in [5.74, 6) is 0.131. The first-order chi connectivity index (χ1) is 11.4. The maximum atomic E-state index is 12.5. The molecular formula is C17H25N3O3S. The molecule has 1 aromatic rings. The minimum absolute atomic E-state index is 0.0500. The molecule has 1 saturated heterocycles. The van der Waals surface area contributed by atoms with Crippen LogP contribution in [-0.4, -0.2) is 45.8 Å². The largest absolute Gasteiger partial charge is 0.352 e. The molecule has 2 fully saturated rings. The first-order valence-corrected chi connectivity index (χ1v) is 9.80. The number of carbonyl (C=O) groups is 1. The summed E-state index contributed by atoms with van der Waals surface area (Å²) < 4.78 is 26.0. The monoisotopic (exact) mass is 351 g/mol. The van der Waals surface area contributed by atoms with Gasteiger partial charge >= 0.3 is 0 Å². The highest BCUT2D eigenvalue weighted by Gasteiger charge is 2.57. The van der Waals surface area contributed by atoms with Crippen LogP contribution in [0.25, 0.3) is 0 Å². The molecule has 7 heteroatoms. The molecule has 0 bridgehead atoms. The molecule has 0 radical (unpaired) electrons. The molecule has 132 valence electrons. The number of hydrogen-bond donors (Lipinski definition) is 2. The van der Waals surface area contributed by atoms with Gasteiger partial charge < -0.3 is 10.6 Å². The van der Waals surface area contributed by atoms with Crippen molar-refractivity contribution >= 4 is 15.9 Å². The minimum atomic E-state index is -3.51. The van der Waals surface area contributed by atoms with Gasteiger partial charge in [0.15, 0.2) is 0 Å². The van der Waals surface area contributed by atoms with Gasteiger partial charge in [0.25, 0.3) is 0 Å². The summed E-state index contributed by atoms with van der Waals surface area (Å²) in [5, 5.41) is 6.27. The van der Waals surface area contributed by atoms with Gasteiger partial charge in [-0.1, -0.05) is 18.2 Å². The Morgan fingerprint density at radius 2 is 1.96 bits per heavy atom. The van der Waals surface area contributed by atoms with Crippen LogP contribution in [-0.2, 0) is 21.4 Å². The standard InChI is InChI=1S/C17H25N3O3S/c1-20(2)24(22,23)15-6-4-3-5-13(15)12-19-16(21)14-11-17(14)7-9-18-10-8-17/h3-6,14,18H,7-12H2,1-2H3,(H,19,21). The smallest absolute Gasteiger partial charge is 0.242 e. The third kappa shape index (κ3) is 3.20. The Balaban J connectivity index is 1.67. The lowest BCUT2D eigenvalue weighted by Gasteiger charge is -2.23. The first-order valence-electron chi connectivity index (χ1n) is 8.36. The molecule has 1 saturated carbocycles. The van der Waals surface area contributed by atoms with Gasteiger partial charge in [0, 0.05) is 26.6 Å². The number of piperidine rings is 1. The maximum Gasteiger partial charge on any atom is 0.242 e. The van der Waals surface area contributed by atoms with Crippen molar-refractivity contribution in [1.29, 1.82) is 0 Å². The van der Waals surface area contributed by atoms with E-state index in [-0.39, 0.29) is 28.7 Å². The average Bonchev–Trinajstić information content (AvgIpc) is 3.26. The molecule has 3 rings (SSSR count). The van der Waals surface area contributed by atoms with E-state index in [0.29, 0.717) is 5.56 Å². The van der Waals surface area contributed by atoms with Crippen LogP contribution in [0, 0.1) is 11.3 Å². The Kier molecular flexibility index (Phi) is 4.68. The van der Waals surface area contributed by atoms with Crippen molar-refractivity contribution in [3.63, 3.8) is 0 Å². The highest BCUT2D eigenvalue weighted by molar-refractivity contribution is 7.89. The molecule has 6 nitrogen and oxygen atoms in total. The van der Waals surface area contributed by atoms with Crippen LogP contribution < -0.4 is 10.6 Å². The van der Waals surface area contributed by atoms with Crippen molar-refractivity contribution in [3.8, 4) is 0 Å². The molecule has 1 atom stereocenters. The Labute approximate surface area is 143 Å². The fourth-order valence-corrected chi connectivity index (χ4v) is 4.71. The summed E-state index contributed by atoms with van der Waals surface area (Å²) in [6.07, 6.45) is 3.06. The van der Waals surface area contributed by atoms with Gasteiger partial charge in [-0.2, -0.15) is 0 Å². The topological polar surface area (TPSA) is 78.5 Å². The number of sulfonamides is 1. The second-order valence-electron chi connectivity index (χ2n) is 6.98. The predicted octanol–water partition coefficient (Wildman–Crippen LogP) is 0.943. The number of amides is 1. The highest BCUT2D eigenvalue weighted by Crippen LogP contribution is 2.58. The van der Waals surface area contributed by atoms with Crippen molar-refractivity contribution < 1.29 is 13.2 Å². The number of rotatable bonds is 5. The fraction of sp³-hybridized carbons (Fsp3) is 0.588. The van der Waals surface area contributed by atoms with Crippen molar-refractivity contribution in [3.05, 3.63) is 29.8 Å². The molecule has 1 aromatic carbocycles. The van der Waals surface area contributed by atoms with Crippen LogP contribution in [0.5, 0.6) is 0 Å². The SMILES string of the molecule is CN(C)S(=O)(=O)c1ccccc1CNC(=O)C1CC12CCNCC2. The Morgan fingerprint density at radius 1 is 1.29 bits per heavy atom. The van der Waals surface area contributed by atoms with E-state index in [9.17, 15) is 13.2 Å². The third-order valence-electron chi connectivity index (χ3n) is 5.29. The summed E-state index contributed by atoms with van der Waals surface area (Å²) in [6.45, 7) is 2.20. The average molecular weight is 351 g/mol. The van der Waals surface area contributed by atoms with E-state index in [2.05, 4.69) is 10.6 Å². The first kappa shape index (κ1) is 17.4. The van der Waals surface area contributed by atoms with Gasteiger partial charge in [-0.15, -0.1) is 0 Å². The Morgan fingerprint density at radius 3 is 2.62 bits per heavy atom. The Hall–Kier alpha value is -1.44. The third-order valence-corrected chi connectivity index (χ3v) is 7.21. The molecule has 24 heavy (non-hydrogen) atoms. The molecule has 1 heterocycles. The zero-order valence-corrected chi connectivity index (χ0v) is 15.0. The second kappa shape index (κ2) is 6.46. The lowest BCUT2D eigenvalue weighted by Crippen LogP contribution is -2.33. The van der Waals surface area contributed by atoms with Crippen LogP contribution >= 0.6 is 0 Å². The normalized spacial score (nSPS) is 22.5. The molecule has 1 aliphatic carbocycles. The lowest BCUT2D eigenvalue weighted by molar-refractivity contribution is -0.123. The van der Waals surface area contributed by atoms with E-state index < -0.39 is 10.0 Å². The number of carbonyl (C=O) groups excluding carboxylic acids is 1. The van der Waals surface area contributed by atoms with E-state index in [1.165, 1.54) is 18.4 Å². The van der Waals surface area contributed by atoms with Crippen molar-refractivity contribution in [2.45, 2.75) is 30.7 Å². The molecule has 1 aliphatic heterocycles. The number of hydrogen-bond acceptors (Lipinski definition) is 4. The van der Waals surface area contributed by atoms with Crippen LogP contribution in [0.1, 0.15) is 24.8 Å². The highest BCUT2D eigenvalue weighted by atomic mass is 32.2. The minimum Gasteiger partial charge on any atom is -0.352 e. The molecule has 0 aromatic heterocycles. The Bertz CT molecular complexity index is 724. The molecule has 2 N–H and O–H groups in total. The number of nitrogens with one attached hydrogen (secondary N) is 2. The van der Waals surface area contributed by atoms with Gasteiger partial charge in [0.05, 0.1) is 4.90 Å². The summed E-state index contributed by atoms with van der Waals surface area (Å²) in [6, 6.07) is 6.83. The molecule has 1 spiro atoms. The van der Waals surface area contributed by atoms with Crippen molar-refractivity contribution in [1.82, 2.24) is 14.9 Å². The molecule has 2 aliphatic rings. The summed E-state index contributed by atoms with van der Waals surface area (Å²) in [7, 11) is -0.494. The maximum absolute atomic E-state index is 12.5. The van der Waals surface area contributed by atoms with Crippen LogP contribution in [0.2, 0.25) is 0 Å². The van der Waals surface area contributed by atoms with Crippen molar-refractivity contribution in [2.75, 3.05) is 27.2 Å². The summed E-state index contributed by atoms with van der Waals surface area (Å²) in [4.78, 5) is 12.7. The second-order valence-corrected chi connectivity index (χ2v) is 9.10. The van der Waals surface area contributed by atoms with Gasteiger partial charge in [-0.3, -0.25) is 4.79 Å². The van der Waals surface area contributed by atoms with Gasteiger partial charge in [0.2, 0.25) is 15.9 Å². The lowest BCUT2D eigenvalue weighted by atomic mass is 9.92. The van der Waals surface area contributed by atoms with Crippen LogP contribution in [0.15, 0.2) is 29.2 Å². The quantitative estimate of drug-likeness (QED) is 0.828. The van der Waals surface area contributed by atoms with E-state index in [1.54, 1.807) is 24.3 Å². The van der Waals surface area contributed by atoms with Gasteiger partial charge in [-0.05, 0) is 49.4 Å².